The van der Waals surface area contributed by atoms with Crippen LogP contribution in [0.5, 0.6) is 0 Å². The summed E-state index contributed by atoms with van der Waals surface area (Å²) in [5.41, 5.74) is 0. The van der Waals surface area contributed by atoms with Crippen molar-refractivity contribution in [2.45, 2.75) is 9.84 Å². The van der Waals surface area contributed by atoms with Crippen molar-refractivity contribution in [2.75, 3.05) is 6.54 Å². The van der Waals surface area contributed by atoms with E-state index in [2.05, 4.69) is 5.32 Å². The molecular weight excluding hydrogens is 297 g/mol. The Balaban J connectivity index is 2.55. The molecule has 0 saturated carbocycles. The molecule has 2 N–H and O–H groups in total. The second kappa shape index (κ2) is 4.59. The van der Waals surface area contributed by atoms with Crippen molar-refractivity contribution in [1.29, 1.82) is 0 Å². The topological polar surface area (TPSA) is 66.4 Å². The normalized spacial score (nSPS) is 24.6. The van der Waals surface area contributed by atoms with Gasteiger partial charge >= 0.3 is 5.97 Å². The number of carbonyl (C=O) groups is 2. The van der Waals surface area contributed by atoms with E-state index in [0.717, 1.165) is 0 Å². The van der Waals surface area contributed by atoms with E-state index in [9.17, 15) is 9.59 Å². The Hall–Kier alpha value is -0.850. The zero-order valence-electron chi connectivity index (χ0n) is 7.37. The van der Waals surface area contributed by atoms with E-state index in [1.807, 2.05) is 34.7 Å². The first-order chi connectivity index (χ1) is 6.54. The zero-order chi connectivity index (χ0) is 10.6. The molecule has 1 rings (SSSR count). The second-order valence-corrected chi connectivity index (χ2v) is 4.86. The van der Waals surface area contributed by atoms with Gasteiger partial charge in [-0.15, -0.1) is 0 Å². The molecule has 1 unspecified atom stereocenters. The van der Waals surface area contributed by atoms with E-state index in [0.29, 0.717) is 6.42 Å². The number of allylic oxidation sites excluding steroid dienone is 3. The minimum absolute atomic E-state index is 0.263. The van der Waals surface area contributed by atoms with Crippen molar-refractivity contribution >= 4 is 34.5 Å². The number of carboxylic acids is 1. The molecule has 1 atom stereocenters. The molecule has 1 aliphatic rings. The summed E-state index contributed by atoms with van der Waals surface area (Å²) < 4.78 is -0.637. The number of hydrogen-bond donors (Lipinski definition) is 2. The van der Waals surface area contributed by atoms with E-state index >= 15 is 0 Å². The highest BCUT2D eigenvalue weighted by atomic mass is 127. The molecule has 1 amide bonds. The lowest BCUT2D eigenvalue weighted by molar-refractivity contribution is -0.138. The molecule has 0 spiro atoms. The van der Waals surface area contributed by atoms with Crippen molar-refractivity contribution in [3.63, 3.8) is 0 Å². The molecule has 4 nitrogen and oxygen atoms in total. The van der Waals surface area contributed by atoms with Gasteiger partial charge in [0.2, 0.25) is 5.91 Å². The summed E-state index contributed by atoms with van der Waals surface area (Å²) in [5, 5.41) is 10.8. The standard InChI is InChI=1S/C9H10INO3/c10-9(4-2-1-3-5-9)8(14)11-6-7(12)13/h1-4H,5-6H2,(H,11,14)(H,12,13). The molecule has 0 radical (unpaired) electrons. The van der Waals surface area contributed by atoms with Gasteiger partial charge in [0, 0.05) is 0 Å². The van der Waals surface area contributed by atoms with Gasteiger partial charge in [-0.3, -0.25) is 9.59 Å². The van der Waals surface area contributed by atoms with Crippen molar-refractivity contribution in [3.05, 3.63) is 24.3 Å². The predicted octanol–water partition coefficient (Wildman–Crippen LogP) is 0.877. The van der Waals surface area contributed by atoms with Crippen molar-refractivity contribution in [2.24, 2.45) is 0 Å². The monoisotopic (exact) mass is 307 g/mol. The fourth-order valence-corrected chi connectivity index (χ4v) is 1.72. The molecule has 0 saturated heterocycles. The van der Waals surface area contributed by atoms with Crippen LogP contribution in [0.15, 0.2) is 24.3 Å². The number of halogens is 1. The highest BCUT2D eigenvalue weighted by Crippen LogP contribution is 2.28. The molecule has 76 valence electrons. The quantitative estimate of drug-likeness (QED) is 0.601. The van der Waals surface area contributed by atoms with E-state index in [-0.39, 0.29) is 12.5 Å². The molecule has 1 aliphatic carbocycles. The molecular formula is C9H10INO3. The smallest absolute Gasteiger partial charge is 0.322 e. The Morgan fingerprint density at radius 1 is 1.50 bits per heavy atom. The van der Waals surface area contributed by atoms with Crippen LogP contribution in [-0.2, 0) is 9.59 Å². The van der Waals surface area contributed by atoms with Gasteiger partial charge in [-0.1, -0.05) is 46.9 Å². The highest BCUT2D eigenvalue weighted by molar-refractivity contribution is 14.1. The summed E-state index contributed by atoms with van der Waals surface area (Å²) in [4.78, 5) is 21.8. The molecule has 5 heteroatoms. The molecule has 0 bridgehead atoms. The minimum Gasteiger partial charge on any atom is -0.480 e. The van der Waals surface area contributed by atoms with Gasteiger partial charge in [-0.25, -0.2) is 0 Å². The molecule has 0 aromatic heterocycles. The van der Waals surface area contributed by atoms with Gasteiger partial charge in [-0.2, -0.15) is 0 Å². The molecule has 0 fully saturated rings. The van der Waals surface area contributed by atoms with Gasteiger partial charge in [0.25, 0.3) is 0 Å². The maximum atomic E-state index is 11.6. The summed E-state index contributed by atoms with van der Waals surface area (Å²) in [5.74, 6) is -1.30. The predicted molar refractivity (Wildman–Crippen MR) is 60.3 cm³/mol. The number of amides is 1. The molecule has 0 aliphatic heterocycles. The number of alkyl halides is 1. The van der Waals surface area contributed by atoms with Crippen LogP contribution >= 0.6 is 22.6 Å². The average Bonchev–Trinajstić information content (AvgIpc) is 2.15. The van der Waals surface area contributed by atoms with Crippen LogP contribution in [0.2, 0.25) is 0 Å². The van der Waals surface area contributed by atoms with Crippen LogP contribution in [0.3, 0.4) is 0 Å². The third-order valence-corrected chi connectivity index (χ3v) is 3.09. The van der Waals surface area contributed by atoms with E-state index in [1.54, 1.807) is 12.2 Å². The van der Waals surface area contributed by atoms with E-state index in [4.69, 9.17) is 5.11 Å². The van der Waals surface area contributed by atoms with Gasteiger partial charge < -0.3 is 10.4 Å². The Morgan fingerprint density at radius 3 is 2.71 bits per heavy atom. The number of aliphatic carboxylic acids is 1. The maximum absolute atomic E-state index is 11.6. The third-order valence-electron chi connectivity index (χ3n) is 1.80. The van der Waals surface area contributed by atoms with Gasteiger partial charge in [0.15, 0.2) is 0 Å². The van der Waals surface area contributed by atoms with E-state index < -0.39 is 9.39 Å². The number of nitrogens with one attached hydrogen (secondary N) is 1. The fraction of sp³-hybridized carbons (Fsp3) is 0.333. The van der Waals surface area contributed by atoms with Crippen LogP contribution in [0.1, 0.15) is 6.42 Å². The minimum atomic E-state index is -1.03. The Morgan fingerprint density at radius 2 is 2.21 bits per heavy atom. The number of carboxylic acid groups (broad SMARTS) is 1. The van der Waals surface area contributed by atoms with Gasteiger partial charge in [0.05, 0.1) is 0 Å². The summed E-state index contributed by atoms with van der Waals surface area (Å²) in [6.45, 7) is -0.332. The van der Waals surface area contributed by atoms with Crippen LogP contribution in [0, 0.1) is 0 Å². The van der Waals surface area contributed by atoms with Crippen LogP contribution in [-0.4, -0.2) is 26.9 Å². The van der Waals surface area contributed by atoms with Crippen molar-refractivity contribution < 1.29 is 14.7 Å². The number of hydrogen-bond acceptors (Lipinski definition) is 2. The number of carbonyl (C=O) groups excluding carboxylic acids is 1. The Bertz CT molecular complexity index is 311. The summed E-state index contributed by atoms with van der Waals surface area (Å²) in [6.07, 6.45) is 7.89. The van der Waals surface area contributed by atoms with Gasteiger partial charge in [0.1, 0.15) is 9.97 Å². The zero-order valence-corrected chi connectivity index (χ0v) is 9.52. The Labute approximate surface area is 95.2 Å². The summed E-state index contributed by atoms with van der Waals surface area (Å²) in [7, 11) is 0. The lowest BCUT2D eigenvalue weighted by atomic mass is 10.00. The Kier molecular flexibility index (Phi) is 3.68. The van der Waals surface area contributed by atoms with Crippen LogP contribution < -0.4 is 5.32 Å². The first-order valence-electron chi connectivity index (χ1n) is 4.08. The first-order valence-corrected chi connectivity index (χ1v) is 5.16. The fourth-order valence-electron chi connectivity index (χ4n) is 1.07. The van der Waals surface area contributed by atoms with E-state index in [1.165, 1.54) is 0 Å². The van der Waals surface area contributed by atoms with Gasteiger partial charge in [-0.05, 0) is 6.42 Å². The van der Waals surface area contributed by atoms with Crippen LogP contribution in [0.25, 0.3) is 0 Å². The lowest BCUT2D eigenvalue weighted by Crippen LogP contribution is -2.42. The number of rotatable bonds is 3. The molecule has 0 aromatic carbocycles. The van der Waals surface area contributed by atoms with Crippen molar-refractivity contribution in [1.82, 2.24) is 5.32 Å². The maximum Gasteiger partial charge on any atom is 0.322 e. The summed E-state index contributed by atoms with van der Waals surface area (Å²) in [6, 6.07) is 0. The average molecular weight is 307 g/mol. The lowest BCUT2D eigenvalue weighted by Gasteiger charge is -2.22. The highest BCUT2D eigenvalue weighted by Gasteiger charge is 2.32. The third kappa shape index (κ3) is 2.83. The van der Waals surface area contributed by atoms with Crippen molar-refractivity contribution in [3.8, 4) is 0 Å². The molecule has 0 heterocycles. The SMILES string of the molecule is O=C(O)CNC(=O)C1(I)C=CC=CC1. The largest absolute Gasteiger partial charge is 0.480 e. The summed E-state index contributed by atoms with van der Waals surface area (Å²) >= 11 is 2.02. The second-order valence-electron chi connectivity index (χ2n) is 2.93. The van der Waals surface area contributed by atoms with Crippen LogP contribution in [0.4, 0.5) is 0 Å². The molecule has 0 aromatic rings. The molecule has 14 heavy (non-hydrogen) atoms. The first kappa shape index (κ1) is 11.2.